The van der Waals surface area contributed by atoms with Crippen LogP contribution in [0.25, 0.3) is 0 Å². The van der Waals surface area contributed by atoms with E-state index in [-0.39, 0.29) is 125 Å². The number of amides is 2. The first-order chi connectivity index (χ1) is 20.0. The van der Waals surface area contributed by atoms with E-state index >= 15 is 0 Å². The van der Waals surface area contributed by atoms with Crippen molar-refractivity contribution in [1.82, 2.24) is 14.7 Å². The third-order valence-electron chi connectivity index (χ3n) is 7.19. The minimum Gasteiger partial charge on any atom is -0.342 e. The van der Waals surface area contributed by atoms with Crippen LogP contribution in [0, 0.1) is 0 Å². The highest BCUT2D eigenvalue weighted by atomic mass is 32.2. The fraction of sp³-hybridized carbons (Fsp3) is 0.774. The van der Waals surface area contributed by atoms with Gasteiger partial charge in [-0.05, 0) is 12.0 Å². The van der Waals surface area contributed by atoms with Gasteiger partial charge >= 0.3 is 0 Å². The molecule has 0 heterocycles. The van der Waals surface area contributed by atoms with Gasteiger partial charge in [-0.25, -0.2) is 0 Å². The molecular formula is C31H53N3O7S. The molecular weight excluding hydrogens is 558 g/mol. The second-order valence-corrected chi connectivity index (χ2v) is 11.4. The van der Waals surface area contributed by atoms with Crippen LogP contribution in [0.15, 0.2) is 0 Å². The lowest BCUT2D eigenvalue weighted by molar-refractivity contribution is -0.133. The van der Waals surface area contributed by atoms with Crippen molar-refractivity contribution in [3.63, 3.8) is 0 Å². The summed E-state index contributed by atoms with van der Waals surface area (Å²) in [6, 6.07) is 0. The van der Waals surface area contributed by atoms with Gasteiger partial charge in [0.1, 0.15) is 28.9 Å². The maximum Gasteiger partial charge on any atom is 0.223 e. The Morgan fingerprint density at radius 3 is 1.07 bits per heavy atom. The van der Waals surface area contributed by atoms with Crippen LogP contribution in [0.3, 0.4) is 0 Å². The van der Waals surface area contributed by atoms with E-state index in [4.69, 9.17) is 0 Å². The topological polar surface area (TPSA) is 129 Å². The number of hydrogen-bond donors (Lipinski definition) is 0. The monoisotopic (exact) mass is 611 g/mol. The van der Waals surface area contributed by atoms with Crippen molar-refractivity contribution in [3.8, 4) is 0 Å². The summed E-state index contributed by atoms with van der Waals surface area (Å²) < 4.78 is 0. The van der Waals surface area contributed by atoms with Crippen molar-refractivity contribution < 1.29 is 33.6 Å². The van der Waals surface area contributed by atoms with E-state index in [0.717, 1.165) is 0 Å². The molecule has 0 aromatic carbocycles. The van der Waals surface area contributed by atoms with E-state index in [9.17, 15) is 33.6 Å². The highest BCUT2D eigenvalue weighted by Gasteiger charge is 2.21. The molecule has 0 aliphatic heterocycles. The van der Waals surface area contributed by atoms with Crippen molar-refractivity contribution in [2.45, 2.75) is 98.3 Å². The molecule has 0 aliphatic rings. The van der Waals surface area contributed by atoms with Gasteiger partial charge in [0.05, 0.1) is 6.54 Å². The van der Waals surface area contributed by atoms with Gasteiger partial charge in [0.15, 0.2) is 0 Å². The van der Waals surface area contributed by atoms with E-state index in [1.807, 2.05) is 6.26 Å². The average molecular weight is 612 g/mol. The molecule has 0 rings (SSSR count). The molecule has 42 heavy (non-hydrogen) atoms. The highest BCUT2D eigenvalue weighted by molar-refractivity contribution is 7.98. The fourth-order valence-electron chi connectivity index (χ4n) is 4.11. The van der Waals surface area contributed by atoms with Gasteiger partial charge in [-0.15, -0.1) is 0 Å². The van der Waals surface area contributed by atoms with Gasteiger partial charge in [0.25, 0.3) is 0 Å². The lowest BCUT2D eigenvalue weighted by Crippen LogP contribution is -2.40. The Labute approximate surface area is 256 Å². The van der Waals surface area contributed by atoms with Gasteiger partial charge in [-0.3, -0.25) is 38.5 Å². The van der Waals surface area contributed by atoms with E-state index in [1.54, 1.807) is 54.2 Å². The lowest BCUT2D eigenvalue weighted by atomic mass is 10.1. The summed E-state index contributed by atoms with van der Waals surface area (Å²) >= 11 is 1.57. The Morgan fingerprint density at radius 2 is 0.786 bits per heavy atom. The smallest absolute Gasteiger partial charge is 0.223 e. The SMILES string of the molecule is CCC(=O)CCN(CCC(=O)CC)C(=O)CCN(CCC(=O)N(CCC(=O)CC)CCC(=O)CC)CC(=O)CCSC. The summed E-state index contributed by atoms with van der Waals surface area (Å²) in [5, 5.41) is 0. The van der Waals surface area contributed by atoms with Crippen molar-refractivity contribution in [3.05, 3.63) is 0 Å². The van der Waals surface area contributed by atoms with Crippen LogP contribution in [0.2, 0.25) is 0 Å². The van der Waals surface area contributed by atoms with E-state index < -0.39 is 0 Å². The predicted molar refractivity (Wildman–Crippen MR) is 166 cm³/mol. The zero-order valence-electron chi connectivity index (χ0n) is 26.5. The number of carbonyl (C=O) groups excluding carboxylic acids is 7. The van der Waals surface area contributed by atoms with Gasteiger partial charge in [0, 0.05) is 110 Å². The zero-order chi connectivity index (χ0) is 31.9. The number of Topliss-reactive ketones (excluding diaryl/α,β-unsaturated/α-hetero) is 5. The van der Waals surface area contributed by atoms with Gasteiger partial charge in [-0.2, -0.15) is 11.8 Å². The van der Waals surface area contributed by atoms with Crippen LogP contribution in [0.4, 0.5) is 0 Å². The minimum absolute atomic E-state index is 0.0159. The molecule has 2 amide bonds. The van der Waals surface area contributed by atoms with Crippen molar-refractivity contribution in [2.24, 2.45) is 0 Å². The summed E-state index contributed by atoms with van der Waals surface area (Å²) in [6.45, 7) is 8.67. The zero-order valence-corrected chi connectivity index (χ0v) is 27.4. The number of ketones is 5. The van der Waals surface area contributed by atoms with Crippen LogP contribution >= 0.6 is 11.8 Å². The number of thioether (sulfide) groups is 1. The first-order valence-electron chi connectivity index (χ1n) is 15.4. The average Bonchev–Trinajstić information content (AvgIpc) is 2.99. The molecule has 11 heteroatoms. The van der Waals surface area contributed by atoms with E-state index in [2.05, 4.69) is 0 Å². The molecule has 0 aliphatic carbocycles. The fourth-order valence-corrected chi connectivity index (χ4v) is 4.54. The molecule has 0 radical (unpaired) electrons. The quantitative estimate of drug-likeness (QED) is 0.137. The number of carbonyl (C=O) groups is 7. The van der Waals surface area contributed by atoms with Crippen molar-refractivity contribution >= 4 is 52.5 Å². The predicted octanol–water partition coefficient (Wildman–Crippen LogP) is 3.52. The Morgan fingerprint density at radius 1 is 0.452 bits per heavy atom. The second kappa shape index (κ2) is 24.1. The Bertz CT molecular complexity index is 794. The van der Waals surface area contributed by atoms with Crippen LogP contribution in [0.5, 0.6) is 0 Å². The first kappa shape index (κ1) is 39.6. The van der Waals surface area contributed by atoms with Crippen molar-refractivity contribution in [1.29, 1.82) is 0 Å². The molecule has 0 bridgehead atoms. The Balaban J connectivity index is 5.48. The van der Waals surface area contributed by atoms with Gasteiger partial charge < -0.3 is 9.80 Å². The Kier molecular flexibility index (Phi) is 22.7. The summed E-state index contributed by atoms with van der Waals surface area (Å²) in [5.41, 5.74) is 0. The maximum absolute atomic E-state index is 13.2. The summed E-state index contributed by atoms with van der Waals surface area (Å²) in [7, 11) is 0. The molecule has 0 aromatic heterocycles. The molecule has 0 atom stereocenters. The molecule has 0 saturated heterocycles. The van der Waals surface area contributed by atoms with Crippen LogP contribution in [-0.2, 0) is 33.6 Å². The second-order valence-electron chi connectivity index (χ2n) is 10.4. The van der Waals surface area contributed by atoms with E-state index in [1.165, 1.54) is 0 Å². The number of nitrogens with zero attached hydrogens (tertiary/aromatic N) is 3. The van der Waals surface area contributed by atoms with E-state index in [0.29, 0.717) is 37.9 Å². The largest absolute Gasteiger partial charge is 0.342 e. The van der Waals surface area contributed by atoms with Crippen molar-refractivity contribution in [2.75, 3.05) is 57.8 Å². The molecule has 0 aromatic rings. The van der Waals surface area contributed by atoms with Crippen LogP contribution in [0.1, 0.15) is 98.3 Å². The first-order valence-corrected chi connectivity index (χ1v) is 16.8. The lowest BCUT2D eigenvalue weighted by Gasteiger charge is -2.27. The summed E-state index contributed by atoms with van der Waals surface area (Å²) in [6.07, 6.45) is 4.91. The molecule has 0 fully saturated rings. The third kappa shape index (κ3) is 18.9. The summed E-state index contributed by atoms with van der Waals surface area (Å²) in [4.78, 5) is 91.4. The molecule has 0 unspecified atom stereocenters. The number of hydrogen-bond acceptors (Lipinski definition) is 9. The third-order valence-corrected chi connectivity index (χ3v) is 7.81. The van der Waals surface area contributed by atoms with Gasteiger partial charge in [0.2, 0.25) is 11.8 Å². The van der Waals surface area contributed by atoms with Gasteiger partial charge in [-0.1, -0.05) is 27.7 Å². The number of rotatable bonds is 27. The molecule has 0 spiro atoms. The normalized spacial score (nSPS) is 10.9. The molecule has 0 saturated carbocycles. The Hall–Kier alpha value is -2.40. The summed E-state index contributed by atoms with van der Waals surface area (Å²) in [5.74, 6) is 0.462. The molecule has 10 nitrogen and oxygen atoms in total. The van der Waals surface area contributed by atoms with Crippen LogP contribution in [-0.4, -0.2) is 113 Å². The molecule has 240 valence electrons. The highest BCUT2D eigenvalue weighted by Crippen LogP contribution is 2.08. The minimum atomic E-state index is -0.200. The van der Waals surface area contributed by atoms with Crippen LogP contribution < -0.4 is 0 Å². The maximum atomic E-state index is 13.2. The molecule has 0 N–H and O–H groups in total. The standard InChI is InChI=1S/C31H53N3O7S/c1-6-25(35)10-19-33(20-11-26(36)7-2)30(40)14-17-32(24-29(39)16-23-42-5)18-15-31(41)34(21-12-27(37)8-3)22-13-28(38)9-4/h6-24H2,1-5H3.